The zero-order valence-electron chi connectivity index (χ0n) is 8.38. The molecule has 3 atom stereocenters. The average Bonchev–Trinajstić information content (AvgIpc) is 2.41. The summed E-state index contributed by atoms with van der Waals surface area (Å²) in [6.45, 7) is 8.15. The zero-order chi connectivity index (χ0) is 8.93. The van der Waals surface area contributed by atoms with Crippen molar-refractivity contribution in [2.75, 3.05) is 6.54 Å². The number of likely N-dealkylation sites (tertiary alicyclic amines) is 1. The molecule has 0 aromatic rings. The minimum atomic E-state index is 0.347. The Morgan fingerprint density at radius 2 is 1.92 bits per heavy atom. The Morgan fingerprint density at radius 1 is 1.25 bits per heavy atom. The third-order valence-corrected chi connectivity index (χ3v) is 3.46. The highest BCUT2D eigenvalue weighted by Gasteiger charge is 2.46. The van der Waals surface area contributed by atoms with Crippen molar-refractivity contribution in [1.82, 2.24) is 4.90 Å². The summed E-state index contributed by atoms with van der Waals surface area (Å²) in [5.74, 6) is 0.786. The van der Waals surface area contributed by atoms with E-state index in [1.54, 1.807) is 0 Å². The fourth-order valence-electron chi connectivity index (χ4n) is 2.81. The molecule has 0 unspecified atom stereocenters. The molecule has 0 spiro atoms. The number of rotatable bonds is 0. The van der Waals surface area contributed by atoms with Crippen LogP contribution in [0.5, 0.6) is 0 Å². The molecule has 2 N–H and O–H groups in total. The molecule has 1 aliphatic carbocycles. The molecule has 2 rings (SSSR count). The van der Waals surface area contributed by atoms with Gasteiger partial charge in [-0.25, -0.2) is 0 Å². The summed E-state index contributed by atoms with van der Waals surface area (Å²) in [4.78, 5) is 2.63. The molecule has 1 saturated carbocycles. The summed E-state index contributed by atoms with van der Waals surface area (Å²) < 4.78 is 0. The topological polar surface area (TPSA) is 29.3 Å². The molecule has 70 valence electrons. The Kier molecular flexibility index (Phi) is 1.74. The summed E-state index contributed by atoms with van der Waals surface area (Å²) in [6, 6.07) is 1.28. The van der Waals surface area contributed by atoms with Gasteiger partial charge in [-0.1, -0.05) is 0 Å². The van der Waals surface area contributed by atoms with Crippen LogP contribution < -0.4 is 5.73 Å². The van der Waals surface area contributed by atoms with Crippen LogP contribution in [0.3, 0.4) is 0 Å². The first-order chi connectivity index (χ1) is 5.48. The van der Waals surface area contributed by atoms with Crippen molar-refractivity contribution in [3.05, 3.63) is 0 Å². The number of nitrogens with two attached hydrogens (primary N) is 1. The maximum Gasteiger partial charge on any atom is 0.0128 e. The van der Waals surface area contributed by atoms with Crippen LogP contribution in [-0.2, 0) is 0 Å². The molecule has 0 aromatic carbocycles. The molecule has 1 saturated heterocycles. The minimum absolute atomic E-state index is 0.347. The fraction of sp³-hybridized carbons (Fsp3) is 1.00. The molecule has 1 heterocycles. The van der Waals surface area contributed by atoms with Crippen LogP contribution in [0, 0.1) is 5.92 Å². The van der Waals surface area contributed by atoms with Crippen molar-refractivity contribution in [3.8, 4) is 0 Å². The first kappa shape index (κ1) is 8.52. The second-order valence-electron chi connectivity index (χ2n) is 5.37. The Hall–Kier alpha value is -0.0800. The lowest BCUT2D eigenvalue weighted by Crippen LogP contribution is -2.50. The highest BCUT2D eigenvalue weighted by molar-refractivity contribution is 5.02. The van der Waals surface area contributed by atoms with E-state index in [1.807, 2.05) is 0 Å². The minimum Gasteiger partial charge on any atom is -0.327 e. The quantitative estimate of drug-likeness (QED) is 0.589. The number of hydrogen-bond acceptors (Lipinski definition) is 2. The van der Waals surface area contributed by atoms with Gasteiger partial charge < -0.3 is 5.73 Å². The van der Waals surface area contributed by atoms with E-state index in [2.05, 4.69) is 25.7 Å². The van der Waals surface area contributed by atoms with Gasteiger partial charge in [0.1, 0.15) is 0 Å². The van der Waals surface area contributed by atoms with Gasteiger partial charge in [0.25, 0.3) is 0 Å². The summed E-state index contributed by atoms with van der Waals surface area (Å²) in [7, 11) is 0. The average molecular weight is 168 g/mol. The van der Waals surface area contributed by atoms with Crippen molar-refractivity contribution >= 4 is 0 Å². The Morgan fingerprint density at radius 3 is 2.25 bits per heavy atom. The molecule has 1 aliphatic heterocycles. The van der Waals surface area contributed by atoms with E-state index in [0.29, 0.717) is 11.6 Å². The standard InChI is InChI=1S/C10H20N2/c1-10(2,3)12-6-7-4-8(12)5-9(7)11/h7-9H,4-6,11H2,1-3H3/t7-,8-,9-/m1/s1. The first-order valence-electron chi connectivity index (χ1n) is 5.01. The van der Waals surface area contributed by atoms with E-state index in [1.165, 1.54) is 19.4 Å². The van der Waals surface area contributed by atoms with Gasteiger partial charge in [-0.2, -0.15) is 0 Å². The molecule has 0 amide bonds. The highest BCUT2D eigenvalue weighted by atomic mass is 15.3. The number of fused-ring (bicyclic) bond motifs is 2. The lowest BCUT2D eigenvalue weighted by atomic mass is 9.98. The molecule has 0 radical (unpaired) electrons. The van der Waals surface area contributed by atoms with Crippen LogP contribution in [0.15, 0.2) is 0 Å². The van der Waals surface area contributed by atoms with Crippen LogP contribution in [-0.4, -0.2) is 29.1 Å². The summed E-state index contributed by atoms with van der Waals surface area (Å²) >= 11 is 0. The predicted octanol–water partition coefficient (Wildman–Crippen LogP) is 1.21. The largest absolute Gasteiger partial charge is 0.327 e. The van der Waals surface area contributed by atoms with Crippen LogP contribution in [0.1, 0.15) is 33.6 Å². The molecule has 2 nitrogen and oxygen atoms in total. The Balaban J connectivity index is 2.08. The molecule has 2 aliphatic rings. The van der Waals surface area contributed by atoms with Crippen molar-refractivity contribution in [2.45, 2.75) is 51.2 Å². The van der Waals surface area contributed by atoms with Crippen LogP contribution in [0.25, 0.3) is 0 Å². The molecular weight excluding hydrogens is 148 g/mol. The fourth-order valence-corrected chi connectivity index (χ4v) is 2.81. The van der Waals surface area contributed by atoms with Gasteiger partial charge in [0.15, 0.2) is 0 Å². The molecule has 2 heteroatoms. The van der Waals surface area contributed by atoms with E-state index in [-0.39, 0.29) is 0 Å². The van der Waals surface area contributed by atoms with E-state index < -0.39 is 0 Å². The lowest BCUT2D eigenvalue weighted by Gasteiger charge is -2.40. The van der Waals surface area contributed by atoms with Crippen molar-refractivity contribution in [2.24, 2.45) is 11.7 Å². The van der Waals surface area contributed by atoms with Gasteiger partial charge in [-0.3, -0.25) is 4.90 Å². The normalized spacial score (nSPS) is 42.5. The van der Waals surface area contributed by atoms with E-state index >= 15 is 0 Å². The van der Waals surface area contributed by atoms with Crippen molar-refractivity contribution < 1.29 is 0 Å². The summed E-state index contributed by atoms with van der Waals surface area (Å²) in [5, 5.41) is 0. The maximum absolute atomic E-state index is 6.00. The van der Waals surface area contributed by atoms with Gasteiger partial charge >= 0.3 is 0 Å². The second kappa shape index (κ2) is 2.46. The first-order valence-corrected chi connectivity index (χ1v) is 5.01. The van der Waals surface area contributed by atoms with E-state index in [4.69, 9.17) is 5.73 Å². The molecule has 0 aromatic heterocycles. The Labute approximate surface area is 75.1 Å². The molecular formula is C10H20N2. The third-order valence-electron chi connectivity index (χ3n) is 3.46. The third kappa shape index (κ3) is 1.17. The SMILES string of the molecule is CC(C)(C)N1C[C@H]2C[C@@H]1C[C@H]2N. The molecule has 2 fully saturated rings. The molecule has 2 bridgehead atoms. The predicted molar refractivity (Wildman–Crippen MR) is 50.9 cm³/mol. The zero-order valence-corrected chi connectivity index (χ0v) is 8.38. The number of hydrogen-bond donors (Lipinski definition) is 1. The van der Waals surface area contributed by atoms with Crippen LogP contribution in [0.4, 0.5) is 0 Å². The van der Waals surface area contributed by atoms with Gasteiger partial charge in [0.05, 0.1) is 0 Å². The summed E-state index contributed by atoms with van der Waals surface area (Å²) in [5.41, 5.74) is 6.35. The van der Waals surface area contributed by atoms with Crippen LogP contribution >= 0.6 is 0 Å². The second-order valence-corrected chi connectivity index (χ2v) is 5.37. The Bertz CT molecular complexity index is 181. The van der Waals surface area contributed by atoms with Gasteiger partial charge in [0.2, 0.25) is 0 Å². The van der Waals surface area contributed by atoms with Crippen molar-refractivity contribution in [1.29, 1.82) is 0 Å². The number of nitrogens with zero attached hydrogens (tertiary/aromatic N) is 1. The monoisotopic (exact) mass is 168 g/mol. The van der Waals surface area contributed by atoms with Gasteiger partial charge in [-0.15, -0.1) is 0 Å². The van der Waals surface area contributed by atoms with Crippen LogP contribution in [0.2, 0.25) is 0 Å². The smallest absolute Gasteiger partial charge is 0.0128 e. The molecule has 12 heavy (non-hydrogen) atoms. The summed E-state index contributed by atoms with van der Waals surface area (Å²) in [6.07, 6.45) is 2.57. The van der Waals surface area contributed by atoms with Crippen molar-refractivity contribution in [3.63, 3.8) is 0 Å². The van der Waals surface area contributed by atoms with Gasteiger partial charge in [-0.05, 0) is 39.5 Å². The highest BCUT2D eigenvalue weighted by Crippen LogP contribution is 2.40. The van der Waals surface area contributed by atoms with E-state index in [9.17, 15) is 0 Å². The van der Waals surface area contributed by atoms with E-state index in [0.717, 1.165) is 12.0 Å². The number of piperidine rings is 1. The maximum atomic E-state index is 6.00. The van der Waals surface area contributed by atoms with Gasteiger partial charge in [0, 0.05) is 24.2 Å². The lowest BCUT2D eigenvalue weighted by molar-refractivity contribution is 0.0912.